The number of esters is 1. The summed E-state index contributed by atoms with van der Waals surface area (Å²) < 4.78 is 17.7. The Kier molecular flexibility index (Phi) is 7.23. The van der Waals surface area contributed by atoms with E-state index in [0.717, 1.165) is 31.2 Å². The van der Waals surface area contributed by atoms with Gasteiger partial charge in [-0.05, 0) is 37.5 Å². The highest BCUT2D eigenvalue weighted by molar-refractivity contribution is 5.75. The van der Waals surface area contributed by atoms with Gasteiger partial charge >= 0.3 is 5.97 Å². The van der Waals surface area contributed by atoms with Crippen LogP contribution in [0, 0.1) is 5.82 Å². The largest absolute Gasteiger partial charge is 0.468 e. The maximum Gasteiger partial charge on any atom is 0.322 e. The molecular weight excluding hydrogens is 257 g/mol. The molecule has 1 aromatic rings. The van der Waals surface area contributed by atoms with Crippen LogP contribution in [0.3, 0.4) is 0 Å². The molecule has 0 bridgehead atoms. The normalized spacial score (nSPS) is 13.8. The maximum absolute atomic E-state index is 12.8. The number of halogens is 1. The third kappa shape index (κ3) is 5.70. The second-order valence-electron chi connectivity index (χ2n) is 5.12. The van der Waals surface area contributed by atoms with Crippen molar-refractivity contribution in [3.63, 3.8) is 0 Å². The Labute approximate surface area is 120 Å². The molecule has 0 fully saturated rings. The van der Waals surface area contributed by atoms with Gasteiger partial charge in [-0.2, -0.15) is 0 Å². The van der Waals surface area contributed by atoms with Crippen molar-refractivity contribution in [2.45, 2.75) is 51.6 Å². The summed E-state index contributed by atoms with van der Waals surface area (Å²) in [6, 6.07) is 6.31. The first kappa shape index (κ1) is 16.6. The van der Waals surface area contributed by atoms with Crippen molar-refractivity contribution >= 4 is 5.97 Å². The molecule has 0 radical (unpaired) electrons. The number of nitrogens with one attached hydrogen (secondary N) is 1. The minimum absolute atomic E-state index is 0.126. The number of methoxy groups -OCH3 is 1. The van der Waals surface area contributed by atoms with E-state index < -0.39 is 0 Å². The van der Waals surface area contributed by atoms with Gasteiger partial charge < -0.3 is 10.1 Å². The maximum atomic E-state index is 12.8. The number of hydrogen-bond acceptors (Lipinski definition) is 3. The van der Waals surface area contributed by atoms with Gasteiger partial charge in [0.1, 0.15) is 11.9 Å². The van der Waals surface area contributed by atoms with Gasteiger partial charge in [0, 0.05) is 6.04 Å². The van der Waals surface area contributed by atoms with E-state index in [2.05, 4.69) is 12.2 Å². The molecule has 4 heteroatoms. The summed E-state index contributed by atoms with van der Waals surface area (Å²) in [6.45, 7) is 4.11. The van der Waals surface area contributed by atoms with Crippen molar-refractivity contribution < 1.29 is 13.9 Å². The summed E-state index contributed by atoms with van der Waals surface area (Å²) in [5.41, 5.74) is 1.05. The number of hydrogen-bond donors (Lipinski definition) is 1. The average molecular weight is 281 g/mol. The van der Waals surface area contributed by atoms with Crippen LogP contribution in [-0.4, -0.2) is 25.2 Å². The second-order valence-corrected chi connectivity index (χ2v) is 5.12. The fraction of sp³-hybridized carbons (Fsp3) is 0.562. The molecule has 0 amide bonds. The molecule has 0 saturated heterocycles. The number of ether oxygens (including phenoxy) is 1. The molecule has 1 rings (SSSR count). The standard InChI is InChI=1S/C16H24FNO2/c1-4-5-6-15(16(19)20-3)18-12(2)11-13-7-9-14(17)10-8-13/h7-10,12,15,18H,4-6,11H2,1-3H3. The van der Waals surface area contributed by atoms with Gasteiger partial charge in [0.2, 0.25) is 0 Å². The minimum Gasteiger partial charge on any atom is -0.468 e. The molecule has 1 aromatic carbocycles. The molecule has 112 valence electrons. The lowest BCUT2D eigenvalue weighted by atomic mass is 10.0. The van der Waals surface area contributed by atoms with Crippen molar-refractivity contribution in [2.24, 2.45) is 0 Å². The fourth-order valence-corrected chi connectivity index (χ4v) is 2.20. The summed E-state index contributed by atoms with van der Waals surface area (Å²) in [5.74, 6) is -0.450. The van der Waals surface area contributed by atoms with E-state index in [9.17, 15) is 9.18 Å². The van der Waals surface area contributed by atoms with Gasteiger partial charge in [-0.25, -0.2) is 4.39 Å². The van der Waals surface area contributed by atoms with Crippen LogP contribution in [0.5, 0.6) is 0 Å². The highest BCUT2D eigenvalue weighted by Crippen LogP contribution is 2.08. The molecule has 20 heavy (non-hydrogen) atoms. The molecule has 2 unspecified atom stereocenters. The number of rotatable bonds is 8. The molecule has 0 aliphatic rings. The van der Waals surface area contributed by atoms with Crippen LogP contribution in [0.1, 0.15) is 38.7 Å². The van der Waals surface area contributed by atoms with Gasteiger partial charge in [0.05, 0.1) is 7.11 Å². The predicted molar refractivity (Wildman–Crippen MR) is 78.0 cm³/mol. The summed E-state index contributed by atoms with van der Waals surface area (Å²) >= 11 is 0. The molecule has 0 aromatic heterocycles. The number of carbonyl (C=O) groups excluding carboxylic acids is 1. The Morgan fingerprint density at radius 1 is 1.35 bits per heavy atom. The van der Waals surface area contributed by atoms with Crippen molar-refractivity contribution in [3.8, 4) is 0 Å². The zero-order chi connectivity index (χ0) is 15.0. The lowest BCUT2D eigenvalue weighted by Gasteiger charge is -2.21. The summed E-state index contributed by atoms with van der Waals surface area (Å²) in [6.07, 6.45) is 3.55. The molecule has 0 heterocycles. The van der Waals surface area contributed by atoms with Crippen LogP contribution in [-0.2, 0) is 16.0 Å². The van der Waals surface area contributed by atoms with Crippen LogP contribution >= 0.6 is 0 Å². The van der Waals surface area contributed by atoms with E-state index in [1.165, 1.54) is 19.2 Å². The molecular formula is C16H24FNO2. The minimum atomic E-state index is -0.268. The van der Waals surface area contributed by atoms with Crippen LogP contribution in [0.2, 0.25) is 0 Å². The molecule has 2 atom stereocenters. The first-order valence-electron chi connectivity index (χ1n) is 7.15. The van der Waals surface area contributed by atoms with Crippen LogP contribution < -0.4 is 5.32 Å². The monoisotopic (exact) mass is 281 g/mol. The summed E-state index contributed by atoms with van der Waals surface area (Å²) in [7, 11) is 1.41. The third-order valence-electron chi connectivity index (χ3n) is 3.27. The average Bonchev–Trinajstić information content (AvgIpc) is 2.45. The number of carbonyl (C=O) groups is 1. The number of unbranched alkanes of at least 4 members (excludes halogenated alkanes) is 1. The fourth-order valence-electron chi connectivity index (χ4n) is 2.20. The molecule has 0 aliphatic carbocycles. The van der Waals surface area contributed by atoms with Crippen molar-refractivity contribution in [1.29, 1.82) is 0 Å². The van der Waals surface area contributed by atoms with Crippen LogP contribution in [0.25, 0.3) is 0 Å². The van der Waals surface area contributed by atoms with Crippen molar-refractivity contribution in [1.82, 2.24) is 5.32 Å². The Morgan fingerprint density at radius 2 is 2.00 bits per heavy atom. The van der Waals surface area contributed by atoms with E-state index in [4.69, 9.17) is 4.74 Å². The SMILES string of the molecule is CCCCC(NC(C)Cc1ccc(F)cc1)C(=O)OC. The second kappa shape index (κ2) is 8.69. The topological polar surface area (TPSA) is 38.3 Å². The van der Waals surface area contributed by atoms with Crippen molar-refractivity contribution in [3.05, 3.63) is 35.6 Å². The highest BCUT2D eigenvalue weighted by Gasteiger charge is 2.20. The van der Waals surface area contributed by atoms with Gasteiger partial charge in [-0.3, -0.25) is 4.79 Å². The molecule has 3 nitrogen and oxygen atoms in total. The van der Waals surface area contributed by atoms with Gasteiger partial charge in [-0.15, -0.1) is 0 Å². The van der Waals surface area contributed by atoms with Crippen molar-refractivity contribution in [2.75, 3.05) is 7.11 Å². The molecule has 0 saturated carbocycles. The third-order valence-corrected chi connectivity index (χ3v) is 3.27. The Hall–Kier alpha value is -1.42. The van der Waals surface area contributed by atoms with Crippen LogP contribution in [0.15, 0.2) is 24.3 Å². The predicted octanol–water partition coefficient (Wildman–Crippen LogP) is 3.08. The van der Waals surface area contributed by atoms with E-state index >= 15 is 0 Å². The summed E-state index contributed by atoms with van der Waals surface area (Å²) in [5, 5.41) is 3.30. The highest BCUT2D eigenvalue weighted by atomic mass is 19.1. The van der Waals surface area contributed by atoms with Crippen LogP contribution in [0.4, 0.5) is 4.39 Å². The van der Waals surface area contributed by atoms with Gasteiger partial charge in [-0.1, -0.05) is 31.9 Å². The van der Waals surface area contributed by atoms with Gasteiger partial charge in [0.15, 0.2) is 0 Å². The number of benzene rings is 1. The molecule has 0 aliphatic heterocycles. The first-order valence-corrected chi connectivity index (χ1v) is 7.15. The Morgan fingerprint density at radius 3 is 2.55 bits per heavy atom. The van der Waals surface area contributed by atoms with Gasteiger partial charge in [0.25, 0.3) is 0 Å². The zero-order valence-electron chi connectivity index (χ0n) is 12.5. The lowest BCUT2D eigenvalue weighted by molar-refractivity contribution is -0.143. The Bertz CT molecular complexity index is 405. The zero-order valence-corrected chi connectivity index (χ0v) is 12.5. The summed E-state index contributed by atoms with van der Waals surface area (Å²) in [4.78, 5) is 11.7. The lowest BCUT2D eigenvalue weighted by Crippen LogP contribution is -2.43. The van der Waals surface area contributed by atoms with E-state index in [1.54, 1.807) is 12.1 Å². The van der Waals surface area contributed by atoms with E-state index in [0.29, 0.717) is 0 Å². The van der Waals surface area contributed by atoms with E-state index in [1.807, 2.05) is 6.92 Å². The molecule has 1 N–H and O–H groups in total. The smallest absolute Gasteiger partial charge is 0.322 e. The Balaban J connectivity index is 2.54. The first-order chi connectivity index (χ1) is 9.56. The molecule has 0 spiro atoms. The van der Waals surface area contributed by atoms with E-state index in [-0.39, 0.29) is 23.9 Å². The quantitative estimate of drug-likeness (QED) is 0.744.